The summed E-state index contributed by atoms with van der Waals surface area (Å²) in [5, 5.41) is 13.4. The molecule has 5 heteroatoms. The first-order chi connectivity index (χ1) is 8.29. The van der Waals surface area contributed by atoms with E-state index in [1.54, 1.807) is 12.1 Å². The van der Waals surface area contributed by atoms with Crippen molar-refractivity contribution in [2.45, 2.75) is 5.25 Å². The van der Waals surface area contributed by atoms with Gasteiger partial charge < -0.3 is 5.32 Å². The van der Waals surface area contributed by atoms with Crippen LogP contribution in [0.5, 0.6) is 0 Å². The molecule has 1 fully saturated rings. The van der Waals surface area contributed by atoms with Crippen molar-refractivity contribution >= 4 is 40.8 Å². The Morgan fingerprint density at radius 1 is 1.47 bits per heavy atom. The molecule has 1 aliphatic heterocycles. The van der Waals surface area contributed by atoms with Gasteiger partial charge in [0.15, 0.2) is 0 Å². The van der Waals surface area contributed by atoms with E-state index in [0.29, 0.717) is 15.8 Å². The summed E-state index contributed by atoms with van der Waals surface area (Å²) < 4.78 is 0. The van der Waals surface area contributed by atoms with Crippen molar-refractivity contribution in [3.05, 3.63) is 28.8 Å². The molecule has 90 valence electrons. The fourth-order valence-corrected chi connectivity index (χ4v) is 4.47. The second-order valence-electron chi connectivity index (χ2n) is 3.76. The molecule has 1 aliphatic rings. The van der Waals surface area contributed by atoms with Crippen LogP contribution >= 0.6 is 35.1 Å². The first kappa shape index (κ1) is 12.9. The van der Waals surface area contributed by atoms with Crippen molar-refractivity contribution in [3.63, 3.8) is 0 Å². The molecular weight excluding hydrogens is 272 g/mol. The molecule has 0 amide bonds. The van der Waals surface area contributed by atoms with E-state index in [0.717, 1.165) is 12.2 Å². The van der Waals surface area contributed by atoms with E-state index in [-0.39, 0.29) is 0 Å². The smallest absolute Gasteiger partial charge is 0.0992 e. The van der Waals surface area contributed by atoms with E-state index < -0.39 is 0 Å². The zero-order valence-electron chi connectivity index (χ0n) is 9.28. The molecule has 2 rings (SSSR count). The van der Waals surface area contributed by atoms with Crippen molar-refractivity contribution in [2.24, 2.45) is 0 Å². The summed E-state index contributed by atoms with van der Waals surface area (Å²) in [5.41, 5.74) is 1.52. The standard InChI is InChI=1S/C12H13ClN2S2/c13-11-5-9(6-14)1-2-12(11)15-7-10-8-16-3-4-17-10/h1-2,5,10,15H,3-4,7-8H2. The van der Waals surface area contributed by atoms with Gasteiger partial charge in [-0.3, -0.25) is 0 Å². The lowest BCUT2D eigenvalue weighted by Gasteiger charge is -2.21. The van der Waals surface area contributed by atoms with Crippen LogP contribution in [-0.4, -0.2) is 29.1 Å². The fourth-order valence-electron chi connectivity index (χ4n) is 1.61. The quantitative estimate of drug-likeness (QED) is 0.922. The van der Waals surface area contributed by atoms with Crippen LogP contribution in [0, 0.1) is 11.3 Å². The van der Waals surface area contributed by atoms with Crippen LogP contribution in [0.15, 0.2) is 18.2 Å². The molecule has 0 spiro atoms. The lowest BCUT2D eigenvalue weighted by atomic mass is 10.2. The number of hydrogen-bond acceptors (Lipinski definition) is 4. The number of nitrogens with one attached hydrogen (secondary N) is 1. The third-order valence-corrected chi connectivity index (χ3v) is 5.66. The van der Waals surface area contributed by atoms with Crippen LogP contribution in [0.2, 0.25) is 5.02 Å². The minimum atomic E-state index is 0.600. The first-order valence-corrected chi connectivity index (χ1v) is 8.00. The molecule has 1 aromatic carbocycles. The number of thioether (sulfide) groups is 2. The zero-order valence-corrected chi connectivity index (χ0v) is 11.7. The van der Waals surface area contributed by atoms with E-state index in [2.05, 4.69) is 11.4 Å². The van der Waals surface area contributed by atoms with Gasteiger partial charge in [0.1, 0.15) is 0 Å². The monoisotopic (exact) mass is 284 g/mol. The van der Waals surface area contributed by atoms with Gasteiger partial charge >= 0.3 is 0 Å². The lowest BCUT2D eigenvalue weighted by molar-refractivity contribution is 1.00. The summed E-state index contributed by atoms with van der Waals surface area (Å²) >= 11 is 10.1. The van der Waals surface area contributed by atoms with Crippen molar-refractivity contribution in [1.82, 2.24) is 0 Å². The number of halogens is 1. The SMILES string of the molecule is N#Cc1ccc(NCC2CSCCS2)c(Cl)c1. The Bertz CT molecular complexity index is 425. The molecule has 17 heavy (non-hydrogen) atoms. The Labute approximate surface area is 115 Å². The summed E-state index contributed by atoms with van der Waals surface area (Å²) in [6.07, 6.45) is 0. The molecule has 0 aromatic heterocycles. The lowest BCUT2D eigenvalue weighted by Crippen LogP contribution is -2.23. The Morgan fingerprint density at radius 2 is 2.35 bits per heavy atom. The summed E-state index contributed by atoms with van der Waals surface area (Å²) in [6, 6.07) is 7.45. The highest BCUT2D eigenvalue weighted by Gasteiger charge is 2.14. The number of nitrogens with zero attached hydrogens (tertiary/aromatic N) is 1. The first-order valence-electron chi connectivity index (χ1n) is 5.42. The van der Waals surface area contributed by atoms with Crippen molar-refractivity contribution < 1.29 is 0 Å². The van der Waals surface area contributed by atoms with Gasteiger partial charge in [-0.1, -0.05) is 11.6 Å². The minimum absolute atomic E-state index is 0.600. The van der Waals surface area contributed by atoms with Gasteiger partial charge in [0.2, 0.25) is 0 Å². The number of benzene rings is 1. The van der Waals surface area contributed by atoms with Crippen LogP contribution in [0.3, 0.4) is 0 Å². The molecule has 2 nitrogen and oxygen atoms in total. The summed E-state index contributed by atoms with van der Waals surface area (Å²) in [6.45, 7) is 0.934. The maximum absolute atomic E-state index is 8.75. The van der Waals surface area contributed by atoms with E-state index >= 15 is 0 Å². The molecule has 1 aromatic rings. The average Bonchev–Trinajstić information content (AvgIpc) is 2.38. The van der Waals surface area contributed by atoms with Gasteiger partial charge in [-0.15, -0.1) is 0 Å². The number of nitriles is 1. The normalized spacial score (nSPS) is 19.6. The molecule has 1 saturated heterocycles. The van der Waals surface area contributed by atoms with Crippen molar-refractivity contribution in [2.75, 3.05) is 29.1 Å². The fraction of sp³-hybridized carbons (Fsp3) is 0.417. The molecule has 1 N–H and O–H groups in total. The number of rotatable bonds is 3. The molecular formula is C12H13ClN2S2. The van der Waals surface area contributed by atoms with Gasteiger partial charge in [0.05, 0.1) is 22.3 Å². The molecule has 1 heterocycles. The van der Waals surface area contributed by atoms with E-state index in [9.17, 15) is 0 Å². The van der Waals surface area contributed by atoms with E-state index in [1.807, 2.05) is 29.6 Å². The Hall–Kier alpha value is -0.500. The Kier molecular flexibility index (Phi) is 4.90. The van der Waals surface area contributed by atoms with Crippen molar-refractivity contribution in [3.8, 4) is 6.07 Å². The summed E-state index contributed by atoms with van der Waals surface area (Å²) in [5.74, 6) is 3.70. The number of hydrogen-bond donors (Lipinski definition) is 1. The van der Waals surface area contributed by atoms with Gasteiger partial charge in [-0.25, -0.2) is 0 Å². The molecule has 0 radical (unpaired) electrons. The molecule has 1 atom stereocenters. The summed E-state index contributed by atoms with van der Waals surface area (Å²) in [7, 11) is 0. The number of anilines is 1. The van der Waals surface area contributed by atoms with E-state index in [1.165, 1.54) is 17.3 Å². The topological polar surface area (TPSA) is 35.8 Å². The highest BCUT2D eigenvalue weighted by Crippen LogP contribution is 2.26. The molecule has 0 bridgehead atoms. The van der Waals surface area contributed by atoms with E-state index in [4.69, 9.17) is 16.9 Å². The van der Waals surface area contributed by atoms with Gasteiger partial charge in [-0.2, -0.15) is 28.8 Å². The zero-order chi connectivity index (χ0) is 12.1. The Morgan fingerprint density at radius 3 is 3.00 bits per heavy atom. The predicted molar refractivity (Wildman–Crippen MR) is 78.2 cm³/mol. The van der Waals surface area contributed by atoms with Gasteiger partial charge in [-0.05, 0) is 18.2 Å². The molecule has 0 saturated carbocycles. The van der Waals surface area contributed by atoms with Crippen LogP contribution in [-0.2, 0) is 0 Å². The Balaban J connectivity index is 1.92. The second-order valence-corrected chi connectivity index (χ2v) is 6.72. The predicted octanol–water partition coefficient (Wildman–Crippen LogP) is 3.47. The third-order valence-electron chi connectivity index (χ3n) is 2.50. The maximum Gasteiger partial charge on any atom is 0.0992 e. The minimum Gasteiger partial charge on any atom is -0.383 e. The third kappa shape index (κ3) is 3.74. The van der Waals surface area contributed by atoms with Crippen molar-refractivity contribution in [1.29, 1.82) is 5.26 Å². The largest absolute Gasteiger partial charge is 0.383 e. The van der Waals surface area contributed by atoms with Gasteiger partial charge in [0.25, 0.3) is 0 Å². The van der Waals surface area contributed by atoms with Crippen LogP contribution in [0.25, 0.3) is 0 Å². The summed E-state index contributed by atoms with van der Waals surface area (Å²) in [4.78, 5) is 0. The van der Waals surface area contributed by atoms with Crippen LogP contribution in [0.1, 0.15) is 5.56 Å². The van der Waals surface area contributed by atoms with Crippen LogP contribution in [0.4, 0.5) is 5.69 Å². The molecule has 0 aliphatic carbocycles. The molecule has 1 unspecified atom stereocenters. The second kappa shape index (κ2) is 6.44. The van der Waals surface area contributed by atoms with Gasteiger partial charge in [0, 0.05) is 29.1 Å². The highest BCUT2D eigenvalue weighted by atomic mass is 35.5. The average molecular weight is 285 g/mol. The highest BCUT2D eigenvalue weighted by molar-refractivity contribution is 8.06. The maximum atomic E-state index is 8.75. The van der Waals surface area contributed by atoms with Crippen LogP contribution < -0.4 is 5.32 Å².